The second-order valence-electron chi connectivity index (χ2n) is 5.83. The summed E-state index contributed by atoms with van der Waals surface area (Å²) in [5, 5.41) is 0. The summed E-state index contributed by atoms with van der Waals surface area (Å²) in [4.78, 5) is 7.36. The molecule has 0 amide bonds. The molecule has 6 heteroatoms. The molecular weight excluding hydrogens is 345 g/mol. The monoisotopic (exact) mass is 362 g/mol. The summed E-state index contributed by atoms with van der Waals surface area (Å²) in [5.74, 6) is -0.982. The summed E-state index contributed by atoms with van der Waals surface area (Å²) in [6, 6.07) is 13.0. The zero-order valence-corrected chi connectivity index (χ0v) is 14.8. The molecule has 0 spiro atoms. The van der Waals surface area contributed by atoms with Gasteiger partial charge in [0.1, 0.15) is 0 Å². The molecule has 0 aliphatic carbocycles. The molecule has 2 nitrogen and oxygen atoms in total. The van der Waals surface area contributed by atoms with E-state index in [0.29, 0.717) is 22.5 Å². The largest absolute Gasteiger partial charge is 0.449 e. The third kappa shape index (κ3) is 3.58. The van der Waals surface area contributed by atoms with Gasteiger partial charge in [0, 0.05) is 16.0 Å². The van der Waals surface area contributed by atoms with Gasteiger partial charge in [-0.25, -0.2) is 4.98 Å². The van der Waals surface area contributed by atoms with Crippen LogP contribution >= 0.6 is 11.8 Å². The van der Waals surface area contributed by atoms with Crippen LogP contribution in [0.2, 0.25) is 0 Å². The van der Waals surface area contributed by atoms with Crippen LogP contribution < -0.4 is 0 Å². The zero-order chi connectivity index (χ0) is 18.2. The van der Waals surface area contributed by atoms with E-state index in [-0.39, 0.29) is 0 Å². The van der Waals surface area contributed by atoms with Crippen molar-refractivity contribution in [2.75, 3.05) is 6.26 Å². The number of aromatic nitrogens is 2. The zero-order valence-electron chi connectivity index (χ0n) is 14.0. The molecule has 1 N–H and O–H groups in total. The highest BCUT2D eigenvalue weighted by Crippen LogP contribution is 2.36. The first-order valence-electron chi connectivity index (χ1n) is 7.69. The number of imidazole rings is 1. The molecule has 0 bridgehead atoms. The summed E-state index contributed by atoms with van der Waals surface area (Å²) in [6.45, 7) is 3.90. The summed E-state index contributed by atoms with van der Waals surface area (Å²) in [5.41, 5.74) is 4.14. The van der Waals surface area contributed by atoms with Crippen molar-refractivity contribution in [3.63, 3.8) is 0 Å². The number of thioether (sulfide) groups is 1. The SMILES string of the molecule is CSc1ccc(-c2nc(C(F)(F)F)[nH]c2-c2ccc(C)c(C)c2)cc1. The minimum absolute atomic E-state index is 0.309. The van der Waals surface area contributed by atoms with Gasteiger partial charge in [0.2, 0.25) is 5.82 Å². The average molecular weight is 362 g/mol. The van der Waals surface area contributed by atoms with E-state index in [9.17, 15) is 13.2 Å². The molecule has 1 aromatic heterocycles. The maximum atomic E-state index is 13.2. The van der Waals surface area contributed by atoms with Crippen molar-refractivity contribution in [3.8, 4) is 22.5 Å². The summed E-state index contributed by atoms with van der Waals surface area (Å²) >= 11 is 1.58. The Morgan fingerprint density at radius 1 is 0.920 bits per heavy atom. The fourth-order valence-electron chi connectivity index (χ4n) is 2.57. The smallest absolute Gasteiger partial charge is 0.334 e. The van der Waals surface area contributed by atoms with Crippen molar-refractivity contribution in [1.29, 1.82) is 0 Å². The Hall–Kier alpha value is -2.21. The molecule has 2 aromatic carbocycles. The van der Waals surface area contributed by atoms with Crippen LogP contribution in [-0.2, 0) is 6.18 Å². The van der Waals surface area contributed by atoms with Gasteiger partial charge in [-0.2, -0.15) is 13.2 Å². The van der Waals surface area contributed by atoms with E-state index in [1.807, 2.05) is 50.4 Å². The Morgan fingerprint density at radius 2 is 1.56 bits per heavy atom. The van der Waals surface area contributed by atoms with E-state index >= 15 is 0 Å². The van der Waals surface area contributed by atoms with Crippen LogP contribution in [0, 0.1) is 13.8 Å². The average Bonchev–Trinajstić information content (AvgIpc) is 3.03. The van der Waals surface area contributed by atoms with Gasteiger partial charge in [0.15, 0.2) is 0 Å². The molecule has 0 radical (unpaired) electrons. The third-order valence-corrected chi connectivity index (χ3v) is 4.87. The number of H-pyrrole nitrogens is 1. The van der Waals surface area contributed by atoms with Crippen LogP contribution in [0.4, 0.5) is 13.2 Å². The van der Waals surface area contributed by atoms with Gasteiger partial charge in [0.25, 0.3) is 0 Å². The number of rotatable bonds is 3. The predicted molar refractivity (Wildman–Crippen MR) is 95.7 cm³/mol. The van der Waals surface area contributed by atoms with E-state index in [1.165, 1.54) is 0 Å². The Bertz CT molecular complexity index is 896. The van der Waals surface area contributed by atoms with Gasteiger partial charge in [-0.3, -0.25) is 0 Å². The first-order chi connectivity index (χ1) is 11.8. The number of aromatic amines is 1. The molecular formula is C19H17F3N2S. The number of aryl methyl sites for hydroxylation is 2. The topological polar surface area (TPSA) is 28.7 Å². The van der Waals surface area contributed by atoms with Crippen molar-refractivity contribution in [2.24, 2.45) is 0 Å². The van der Waals surface area contributed by atoms with Gasteiger partial charge in [-0.15, -0.1) is 11.8 Å². The van der Waals surface area contributed by atoms with Gasteiger partial charge in [0.05, 0.1) is 11.4 Å². The molecule has 25 heavy (non-hydrogen) atoms. The van der Waals surface area contributed by atoms with Crippen molar-refractivity contribution >= 4 is 11.8 Å². The van der Waals surface area contributed by atoms with Gasteiger partial charge in [-0.1, -0.05) is 24.3 Å². The Kier molecular flexibility index (Phi) is 4.64. The number of alkyl halides is 3. The molecule has 0 unspecified atom stereocenters. The second kappa shape index (κ2) is 6.59. The second-order valence-corrected chi connectivity index (χ2v) is 6.71. The lowest BCUT2D eigenvalue weighted by Gasteiger charge is -2.07. The highest BCUT2D eigenvalue weighted by molar-refractivity contribution is 7.98. The normalized spacial score (nSPS) is 11.8. The molecule has 3 aromatic rings. The number of halogens is 3. The molecule has 130 valence electrons. The summed E-state index contributed by atoms with van der Waals surface area (Å²) < 4.78 is 39.5. The van der Waals surface area contributed by atoms with Gasteiger partial charge in [-0.05, 0) is 49.4 Å². The minimum Gasteiger partial charge on any atom is -0.334 e. The van der Waals surface area contributed by atoms with E-state index < -0.39 is 12.0 Å². The molecule has 3 rings (SSSR count). The first-order valence-corrected chi connectivity index (χ1v) is 8.91. The Morgan fingerprint density at radius 3 is 2.12 bits per heavy atom. The van der Waals surface area contributed by atoms with Crippen molar-refractivity contribution in [3.05, 3.63) is 59.4 Å². The van der Waals surface area contributed by atoms with Gasteiger partial charge < -0.3 is 4.98 Å². The predicted octanol–water partition coefficient (Wildman–Crippen LogP) is 6.10. The molecule has 0 saturated heterocycles. The molecule has 0 saturated carbocycles. The van der Waals surface area contributed by atoms with Crippen LogP contribution in [0.25, 0.3) is 22.5 Å². The highest BCUT2D eigenvalue weighted by atomic mass is 32.2. The third-order valence-electron chi connectivity index (χ3n) is 4.13. The maximum Gasteiger partial charge on any atom is 0.449 e. The summed E-state index contributed by atoms with van der Waals surface area (Å²) in [7, 11) is 0. The number of nitrogens with one attached hydrogen (secondary N) is 1. The Labute approximate surface area is 148 Å². The number of hydrogen-bond acceptors (Lipinski definition) is 2. The molecule has 1 heterocycles. The lowest BCUT2D eigenvalue weighted by atomic mass is 10.0. The molecule has 0 atom stereocenters. The molecule has 0 aliphatic heterocycles. The van der Waals surface area contributed by atoms with E-state index in [0.717, 1.165) is 16.0 Å². The lowest BCUT2D eigenvalue weighted by Crippen LogP contribution is -2.07. The minimum atomic E-state index is -4.52. The molecule has 0 aliphatic rings. The Balaban J connectivity index is 2.18. The highest BCUT2D eigenvalue weighted by Gasteiger charge is 2.36. The maximum absolute atomic E-state index is 13.2. The summed E-state index contributed by atoms with van der Waals surface area (Å²) in [6.07, 6.45) is -2.57. The van der Waals surface area contributed by atoms with Crippen molar-refractivity contribution in [2.45, 2.75) is 24.9 Å². The van der Waals surface area contributed by atoms with E-state index in [1.54, 1.807) is 23.9 Å². The van der Waals surface area contributed by atoms with Crippen LogP contribution in [-0.4, -0.2) is 16.2 Å². The standard InChI is InChI=1S/C19H17F3N2S/c1-11-4-5-14(10-12(11)2)17-16(23-18(24-17)19(20,21)22)13-6-8-15(25-3)9-7-13/h4-10H,1-3H3,(H,23,24). The van der Waals surface area contributed by atoms with Crippen LogP contribution in [0.5, 0.6) is 0 Å². The lowest BCUT2D eigenvalue weighted by molar-refractivity contribution is -0.144. The van der Waals surface area contributed by atoms with Crippen molar-refractivity contribution in [1.82, 2.24) is 9.97 Å². The fourth-order valence-corrected chi connectivity index (χ4v) is 2.98. The fraction of sp³-hybridized carbons (Fsp3) is 0.211. The van der Waals surface area contributed by atoms with E-state index in [2.05, 4.69) is 9.97 Å². The number of nitrogens with zero attached hydrogens (tertiary/aromatic N) is 1. The van der Waals surface area contributed by atoms with E-state index in [4.69, 9.17) is 0 Å². The number of benzene rings is 2. The molecule has 0 fully saturated rings. The van der Waals surface area contributed by atoms with Crippen LogP contribution in [0.1, 0.15) is 17.0 Å². The van der Waals surface area contributed by atoms with Crippen molar-refractivity contribution < 1.29 is 13.2 Å². The number of hydrogen-bond donors (Lipinski definition) is 1. The first kappa shape index (κ1) is 17.6. The van der Waals surface area contributed by atoms with Gasteiger partial charge >= 0.3 is 6.18 Å². The van der Waals surface area contributed by atoms with Crippen LogP contribution in [0.3, 0.4) is 0 Å². The van der Waals surface area contributed by atoms with Crippen LogP contribution in [0.15, 0.2) is 47.4 Å². The quantitative estimate of drug-likeness (QED) is 0.570.